The Morgan fingerprint density at radius 3 is 2.42 bits per heavy atom. The molecule has 1 heterocycles. The second-order valence-corrected chi connectivity index (χ2v) is 13.4. The van der Waals surface area contributed by atoms with Gasteiger partial charge in [-0.05, 0) is 79.3 Å². The molecule has 2 aromatic carbocycles. The number of sulfonamides is 1. The van der Waals surface area contributed by atoms with Crippen LogP contribution in [0.25, 0.3) is 0 Å². The van der Waals surface area contributed by atoms with Gasteiger partial charge in [-0.15, -0.1) is 0 Å². The zero-order valence-corrected chi connectivity index (χ0v) is 25.4. The van der Waals surface area contributed by atoms with Crippen molar-refractivity contribution in [3.8, 4) is 0 Å². The number of nitrogens with zero attached hydrogens (tertiary/aromatic N) is 1. The number of fused-ring (bicyclic) bond motifs is 4. The first-order valence-electron chi connectivity index (χ1n) is 14.4. The molecule has 3 rings (SSSR count). The van der Waals surface area contributed by atoms with Crippen LogP contribution in [-0.4, -0.2) is 58.7 Å². The SMILES string of the molecule is CC[C@H](NC[C@@H]1Cc2cccc(c2)CCCCCc2cc(cc(N(C)S(C)(=O)=O)c2)C(=O)N1)C(=O)NCC(C)C. The van der Waals surface area contributed by atoms with Gasteiger partial charge >= 0.3 is 0 Å². The quantitative estimate of drug-likeness (QED) is 0.425. The summed E-state index contributed by atoms with van der Waals surface area (Å²) in [7, 11) is -1.98. The van der Waals surface area contributed by atoms with E-state index < -0.39 is 10.0 Å². The highest BCUT2D eigenvalue weighted by atomic mass is 32.2. The number of carbonyl (C=O) groups excluding carboxylic acids is 2. The summed E-state index contributed by atoms with van der Waals surface area (Å²) in [6, 6.07) is 13.2. The summed E-state index contributed by atoms with van der Waals surface area (Å²) in [5, 5.41) is 9.55. The lowest BCUT2D eigenvalue weighted by Gasteiger charge is -2.24. The van der Waals surface area contributed by atoms with E-state index >= 15 is 0 Å². The van der Waals surface area contributed by atoms with Crippen molar-refractivity contribution < 1.29 is 18.0 Å². The van der Waals surface area contributed by atoms with Crippen LogP contribution in [0.1, 0.15) is 73.5 Å². The van der Waals surface area contributed by atoms with E-state index in [0.29, 0.717) is 43.1 Å². The summed E-state index contributed by atoms with van der Waals surface area (Å²) in [5.74, 6) is 0.0576. The van der Waals surface area contributed by atoms with Crippen LogP contribution in [0.5, 0.6) is 0 Å². The monoisotopic (exact) mass is 570 g/mol. The third-order valence-electron chi connectivity index (χ3n) is 7.36. The van der Waals surface area contributed by atoms with E-state index in [1.165, 1.54) is 16.9 Å². The molecule has 0 fully saturated rings. The summed E-state index contributed by atoms with van der Waals surface area (Å²) >= 11 is 0. The van der Waals surface area contributed by atoms with E-state index in [4.69, 9.17) is 0 Å². The highest BCUT2D eigenvalue weighted by molar-refractivity contribution is 7.92. The minimum atomic E-state index is -3.48. The fourth-order valence-corrected chi connectivity index (χ4v) is 5.42. The van der Waals surface area contributed by atoms with Gasteiger partial charge in [0, 0.05) is 31.7 Å². The van der Waals surface area contributed by atoms with Gasteiger partial charge in [0.25, 0.3) is 5.91 Å². The van der Waals surface area contributed by atoms with Crippen LogP contribution in [0.3, 0.4) is 0 Å². The lowest BCUT2D eigenvalue weighted by atomic mass is 9.99. The van der Waals surface area contributed by atoms with Gasteiger partial charge < -0.3 is 16.0 Å². The van der Waals surface area contributed by atoms with Gasteiger partial charge in [-0.2, -0.15) is 0 Å². The van der Waals surface area contributed by atoms with Crippen molar-refractivity contribution in [3.63, 3.8) is 0 Å². The van der Waals surface area contributed by atoms with Crippen LogP contribution in [-0.2, 0) is 34.1 Å². The number of anilines is 1. The Morgan fingerprint density at radius 2 is 1.75 bits per heavy atom. The van der Waals surface area contributed by atoms with Gasteiger partial charge in [0.15, 0.2) is 0 Å². The van der Waals surface area contributed by atoms with E-state index in [2.05, 4.69) is 54.1 Å². The molecular weight excluding hydrogens is 524 g/mol. The molecule has 220 valence electrons. The Labute approximate surface area is 240 Å². The third kappa shape index (κ3) is 9.63. The predicted molar refractivity (Wildman–Crippen MR) is 162 cm³/mol. The zero-order chi connectivity index (χ0) is 29.3. The molecule has 2 atom stereocenters. The number of nitrogens with one attached hydrogen (secondary N) is 3. The molecule has 0 saturated carbocycles. The summed E-state index contributed by atoms with van der Waals surface area (Å²) < 4.78 is 25.8. The van der Waals surface area contributed by atoms with Crippen LogP contribution < -0.4 is 20.3 Å². The fourth-order valence-electron chi connectivity index (χ4n) is 4.93. The minimum Gasteiger partial charge on any atom is -0.354 e. The van der Waals surface area contributed by atoms with Gasteiger partial charge in [-0.25, -0.2) is 8.42 Å². The topological polar surface area (TPSA) is 108 Å². The average molecular weight is 571 g/mol. The Balaban J connectivity index is 1.90. The molecule has 9 heteroatoms. The average Bonchev–Trinajstić information content (AvgIpc) is 2.90. The molecule has 0 radical (unpaired) electrons. The summed E-state index contributed by atoms with van der Waals surface area (Å²) in [6.45, 7) is 7.12. The first-order valence-corrected chi connectivity index (χ1v) is 16.3. The van der Waals surface area contributed by atoms with E-state index in [9.17, 15) is 18.0 Å². The number of hydrogen-bond acceptors (Lipinski definition) is 5. The second kappa shape index (κ2) is 14.6. The molecule has 8 nitrogen and oxygen atoms in total. The first-order chi connectivity index (χ1) is 19.0. The van der Waals surface area contributed by atoms with Crippen LogP contribution >= 0.6 is 0 Å². The van der Waals surface area contributed by atoms with E-state index in [1.54, 1.807) is 6.07 Å². The first kappa shape index (κ1) is 31.6. The molecular formula is C31H46N4O4S. The normalized spacial score (nSPS) is 17.4. The molecule has 2 amide bonds. The van der Waals surface area contributed by atoms with Crippen molar-refractivity contribution in [2.75, 3.05) is 30.7 Å². The van der Waals surface area contributed by atoms with Crippen molar-refractivity contribution in [3.05, 3.63) is 64.7 Å². The maximum atomic E-state index is 13.6. The van der Waals surface area contributed by atoms with Crippen LogP contribution in [0.2, 0.25) is 0 Å². The summed E-state index contributed by atoms with van der Waals surface area (Å²) in [4.78, 5) is 26.4. The Kier molecular flexibility index (Phi) is 11.6. The molecule has 0 aromatic heterocycles. The largest absolute Gasteiger partial charge is 0.354 e. The molecule has 1 aliphatic rings. The number of amides is 2. The summed E-state index contributed by atoms with van der Waals surface area (Å²) in [6.07, 6.45) is 7.20. The summed E-state index contributed by atoms with van der Waals surface area (Å²) in [5.41, 5.74) is 4.25. The van der Waals surface area contributed by atoms with Crippen molar-refractivity contribution in [1.82, 2.24) is 16.0 Å². The van der Waals surface area contributed by atoms with Crippen LogP contribution in [0.4, 0.5) is 5.69 Å². The lowest BCUT2D eigenvalue weighted by molar-refractivity contribution is -0.123. The molecule has 4 bridgehead atoms. The highest BCUT2D eigenvalue weighted by Crippen LogP contribution is 2.23. The number of benzene rings is 2. The molecule has 0 saturated heterocycles. The van der Waals surface area contributed by atoms with Gasteiger partial charge in [0.1, 0.15) is 0 Å². The van der Waals surface area contributed by atoms with Crippen molar-refractivity contribution in [1.29, 1.82) is 0 Å². The van der Waals surface area contributed by atoms with Gasteiger partial charge in [-0.1, -0.05) is 51.5 Å². The van der Waals surface area contributed by atoms with Crippen molar-refractivity contribution in [2.24, 2.45) is 5.92 Å². The predicted octanol–water partition coefficient (Wildman–Crippen LogP) is 3.83. The standard InChI is InChI=1S/C31H46N4O4S/c1-6-29(31(37)33-20-22(2)3)32-21-27-17-24-14-10-13-23(15-24)11-8-7-9-12-25-16-26(30(36)34-27)19-28(18-25)35(4)40(5,38)39/h10,13-16,18-19,22,27,29,32H,6-9,11-12,17,20-21H2,1-5H3,(H,33,37)(H,34,36)/t27-,29-/m0/s1. The number of rotatable bonds is 9. The van der Waals surface area contributed by atoms with E-state index in [0.717, 1.165) is 49.5 Å². The number of aryl methyl sites for hydroxylation is 2. The molecule has 3 N–H and O–H groups in total. The maximum Gasteiger partial charge on any atom is 0.251 e. The van der Waals surface area contributed by atoms with Crippen LogP contribution in [0, 0.1) is 5.92 Å². The Morgan fingerprint density at radius 1 is 1.05 bits per heavy atom. The van der Waals surface area contributed by atoms with Crippen LogP contribution in [0.15, 0.2) is 42.5 Å². The van der Waals surface area contributed by atoms with E-state index in [-0.39, 0.29) is 23.9 Å². The minimum absolute atomic E-state index is 0.0391. The van der Waals surface area contributed by atoms with E-state index in [1.807, 2.05) is 19.1 Å². The lowest BCUT2D eigenvalue weighted by Crippen LogP contribution is -2.50. The molecule has 0 aliphatic carbocycles. The van der Waals surface area contributed by atoms with Gasteiger partial charge in [0.05, 0.1) is 18.0 Å². The zero-order valence-electron chi connectivity index (χ0n) is 24.6. The highest BCUT2D eigenvalue weighted by Gasteiger charge is 2.22. The maximum absolute atomic E-state index is 13.6. The second-order valence-electron chi connectivity index (χ2n) is 11.4. The van der Waals surface area contributed by atoms with Crippen molar-refractivity contribution >= 4 is 27.5 Å². The van der Waals surface area contributed by atoms with Gasteiger partial charge in [0.2, 0.25) is 15.9 Å². The molecule has 1 aliphatic heterocycles. The molecule has 0 spiro atoms. The molecule has 40 heavy (non-hydrogen) atoms. The fraction of sp³-hybridized carbons (Fsp3) is 0.548. The molecule has 0 unspecified atom stereocenters. The Hall–Kier alpha value is -2.91. The number of carbonyl (C=O) groups is 2. The van der Waals surface area contributed by atoms with Crippen molar-refractivity contribution in [2.45, 2.75) is 77.8 Å². The van der Waals surface area contributed by atoms with Gasteiger partial charge in [-0.3, -0.25) is 13.9 Å². The Bertz CT molecular complexity index is 1260. The third-order valence-corrected chi connectivity index (χ3v) is 8.57. The molecule has 2 aromatic rings. The number of hydrogen-bond donors (Lipinski definition) is 3. The smallest absolute Gasteiger partial charge is 0.251 e.